The molecule has 3 nitrogen and oxygen atoms in total. The average molecular weight is 411 g/mol. The summed E-state index contributed by atoms with van der Waals surface area (Å²) >= 11 is 0. The van der Waals surface area contributed by atoms with Crippen LogP contribution in [0.4, 0.5) is 0 Å². The van der Waals surface area contributed by atoms with Crippen molar-refractivity contribution in [3.8, 4) is 5.75 Å². The van der Waals surface area contributed by atoms with Crippen LogP contribution in [0.2, 0.25) is 0 Å². The van der Waals surface area contributed by atoms with Crippen LogP contribution in [0.25, 0.3) is 10.8 Å². The van der Waals surface area contributed by atoms with Gasteiger partial charge in [0, 0.05) is 11.1 Å². The molecule has 0 saturated carbocycles. The van der Waals surface area contributed by atoms with E-state index >= 15 is 0 Å². The summed E-state index contributed by atoms with van der Waals surface area (Å²) in [5.74, 6) is 0.922. The van der Waals surface area contributed by atoms with Gasteiger partial charge in [-0.1, -0.05) is 72.8 Å². The predicted octanol–water partition coefficient (Wildman–Crippen LogP) is 2.97. The first-order valence-electron chi connectivity index (χ1n) is 11.3. The molecule has 0 spiro atoms. The lowest BCUT2D eigenvalue weighted by Crippen LogP contribution is -3.20. The van der Waals surface area contributed by atoms with Crippen LogP contribution in [0.3, 0.4) is 0 Å². The molecule has 3 N–H and O–H groups in total. The van der Waals surface area contributed by atoms with Crippen LogP contribution in [-0.4, -0.2) is 26.2 Å². The topological polar surface area (TPSA) is 30.3 Å². The highest BCUT2D eigenvalue weighted by Gasteiger charge is 2.30. The van der Waals surface area contributed by atoms with E-state index in [4.69, 9.17) is 4.74 Å². The highest BCUT2D eigenvalue weighted by molar-refractivity contribution is 5.86. The number of benzene rings is 4. The van der Waals surface area contributed by atoms with Crippen molar-refractivity contribution in [1.82, 2.24) is 0 Å². The van der Waals surface area contributed by atoms with Crippen molar-refractivity contribution in [2.45, 2.75) is 12.6 Å². The van der Waals surface area contributed by atoms with E-state index in [1.54, 1.807) is 4.90 Å². The highest BCUT2D eigenvalue weighted by Crippen LogP contribution is 2.28. The van der Waals surface area contributed by atoms with Gasteiger partial charge < -0.3 is 15.0 Å². The third-order valence-electron chi connectivity index (χ3n) is 6.34. The molecule has 0 unspecified atom stereocenters. The average Bonchev–Trinajstić information content (AvgIpc) is 2.85. The lowest BCUT2D eigenvalue weighted by Gasteiger charge is -2.31. The summed E-state index contributed by atoms with van der Waals surface area (Å²) in [5, 5.41) is 5.11. The Balaban J connectivity index is 1.45. The van der Waals surface area contributed by atoms with Gasteiger partial charge in [0.25, 0.3) is 0 Å². The number of nitrogens with one attached hydrogen (secondary N) is 1. The van der Waals surface area contributed by atoms with Crippen LogP contribution in [0.5, 0.6) is 5.75 Å². The van der Waals surface area contributed by atoms with Gasteiger partial charge in [0.2, 0.25) is 0 Å². The molecule has 4 aromatic rings. The van der Waals surface area contributed by atoms with E-state index in [-0.39, 0.29) is 0 Å². The Morgan fingerprint density at radius 1 is 0.742 bits per heavy atom. The number of hydrogen-bond donors (Lipinski definition) is 2. The molecule has 1 atom stereocenters. The minimum absolute atomic E-state index is 0.336. The zero-order valence-corrected chi connectivity index (χ0v) is 17.8. The largest absolute Gasteiger partial charge is 0.489 e. The second-order valence-corrected chi connectivity index (χ2v) is 8.37. The number of nitrogens with two attached hydrogens (primary N) is 1. The molecular formula is C28H30N2O+2. The van der Waals surface area contributed by atoms with Crippen LogP contribution in [0.15, 0.2) is 97.1 Å². The zero-order valence-electron chi connectivity index (χ0n) is 17.8. The fourth-order valence-corrected chi connectivity index (χ4v) is 4.77. The summed E-state index contributed by atoms with van der Waals surface area (Å²) in [6.45, 7) is 5.34. The molecule has 4 aromatic carbocycles. The maximum absolute atomic E-state index is 6.04. The normalized spacial score (nSPS) is 15.6. The molecule has 0 bridgehead atoms. The van der Waals surface area contributed by atoms with Crippen molar-refractivity contribution in [2.24, 2.45) is 0 Å². The molecule has 1 heterocycles. The van der Waals surface area contributed by atoms with E-state index in [0.717, 1.165) is 5.75 Å². The summed E-state index contributed by atoms with van der Waals surface area (Å²) in [6, 6.07) is 35.0. The fourth-order valence-electron chi connectivity index (χ4n) is 4.77. The quantitative estimate of drug-likeness (QED) is 0.503. The fraction of sp³-hybridized carbons (Fsp3) is 0.214. The smallest absolute Gasteiger partial charge is 0.140 e. The second-order valence-electron chi connectivity index (χ2n) is 8.37. The van der Waals surface area contributed by atoms with E-state index in [2.05, 4.69) is 96.3 Å². The Bertz CT molecular complexity index is 1110. The van der Waals surface area contributed by atoms with Gasteiger partial charge in [0.1, 0.15) is 44.6 Å². The van der Waals surface area contributed by atoms with Gasteiger partial charge in [0.15, 0.2) is 0 Å². The molecule has 0 amide bonds. The highest BCUT2D eigenvalue weighted by atomic mass is 16.5. The van der Waals surface area contributed by atoms with Crippen molar-refractivity contribution < 1.29 is 15.0 Å². The number of fused-ring (bicyclic) bond motifs is 1. The van der Waals surface area contributed by atoms with Crippen LogP contribution in [0, 0.1) is 0 Å². The minimum atomic E-state index is 0.336. The zero-order chi connectivity index (χ0) is 20.9. The van der Waals surface area contributed by atoms with Crippen LogP contribution in [0.1, 0.15) is 22.7 Å². The first-order valence-corrected chi connectivity index (χ1v) is 11.3. The molecule has 1 fully saturated rings. The van der Waals surface area contributed by atoms with Crippen molar-refractivity contribution in [1.29, 1.82) is 0 Å². The minimum Gasteiger partial charge on any atom is -0.489 e. The molecule has 1 saturated heterocycles. The van der Waals surface area contributed by atoms with Gasteiger partial charge in [-0.3, -0.25) is 0 Å². The van der Waals surface area contributed by atoms with Gasteiger partial charge >= 0.3 is 0 Å². The van der Waals surface area contributed by atoms with Crippen molar-refractivity contribution in [3.05, 3.63) is 114 Å². The third-order valence-corrected chi connectivity index (χ3v) is 6.34. The molecule has 0 aromatic heterocycles. The lowest BCUT2D eigenvalue weighted by molar-refractivity contribution is -0.967. The molecule has 5 rings (SSSR count). The summed E-state index contributed by atoms with van der Waals surface area (Å²) in [4.78, 5) is 1.65. The number of rotatable bonds is 6. The van der Waals surface area contributed by atoms with E-state index in [0.29, 0.717) is 12.6 Å². The maximum atomic E-state index is 6.04. The number of piperazine rings is 1. The van der Waals surface area contributed by atoms with Crippen molar-refractivity contribution in [3.63, 3.8) is 0 Å². The van der Waals surface area contributed by atoms with E-state index < -0.39 is 0 Å². The number of ether oxygens (including phenoxy) is 1. The van der Waals surface area contributed by atoms with Gasteiger partial charge in [-0.15, -0.1) is 0 Å². The number of quaternary nitrogens is 2. The predicted molar refractivity (Wildman–Crippen MR) is 125 cm³/mol. The molecule has 0 aliphatic carbocycles. The van der Waals surface area contributed by atoms with Gasteiger partial charge in [0.05, 0.1) is 0 Å². The first-order chi connectivity index (χ1) is 15.4. The Morgan fingerprint density at radius 2 is 1.45 bits per heavy atom. The Kier molecular flexibility index (Phi) is 5.96. The molecule has 1 aliphatic heterocycles. The summed E-state index contributed by atoms with van der Waals surface area (Å²) in [5.41, 5.74) is 3.97. The monoisotopic (exact) mass is 410 g/mol. The summed E-state index contributed by atoms with van der Waals surface area (Å²) in [6.07, 6.45) is 0. The van der Waals surface area contributed by atoms with Crippen molar-refractivity contribution >= 4 is 10.8 Å². The molecule has 1 aliphatic rings. The van der Waals surface area contributed by atoms with E-state index in [1.807, 2.05) is 6.07 Å². The van der Waals surface area contributed by atoms with Gasteiger partial charge in [-0.2, -0.15) is 0 Å². The maximum Gasteiger partial charge on any atom is 0.140 e. The van der Waals surface area contributed by atoms with Gasteiger partial charge in [-0.25, -0.2) is 0 Å². The molecular weight excluding hydrogens is 380 g/mol. The van der Waals surface area contributed by atoms with E-state index in [1.165, 1.54) is 53.6 Å². The Hall–Kier alpha value is -3.14. The molecule has 0 radical (unpaired) electrons. The van der Waals surface area contributed by atoms with Gasteiger partial charge in [-0.05, 0) is 40.6 Å². The first kappa shape index (κ1) is 19.8. The Labute approximate surface area is 184 Å². The molecule has 31 heavy (non-hydrogen) atoms. The van der Waals surface area contributed by atoms with Crippen LogP contribution in [-0.2, 0) is 6.61 Å². The molecule has 3 heteroatoms. The summed E-state index contributed by atoms with van der Waals surface area (Å²) in [7, 11) is 0. The second kappa shape index (κ2) is 9.34. The van der Waals surface area contributed by atoms with E-state index in [9.17, 15) is 0 Å². The third kappa shape index (κ3) is 4.48. The lowest BCUT2D eigenvalue weighted by atomic mass is 9.92. The standard InChI is InChI=1S/C28H28N2O/c1-2-7-22(8-3-1)21-31-25-15-13-24(14-16-25)28(30-19-17-29-18-20-30)27-12-6-10-23-9-4-5-11-26(23)27/h1-16,28-29H,17-21H2/p+2/t28-/m1/s1. The van der Waals surface area contributed by atoms with Crippen LogP contribution < -0.4 is 15.0 Å². The number of hydrogen-bond acceptors (Lipinski definition) is 1. The Morgan fingerprint density at radius 3 is 2.26 bits per heavy atom. The van der Waals surface area contributed by atoms with Crippen LogP contribution >= 0.6 is 0 Å². The van der Waals surface area contributed by atoms with Crippen molar-refractivity contribution in [2.75, 3.05) is 26.2 Å². The SMILES string of the molecule is c1ccc(COc2ccc([C@H](c3cccc4ccccc34)[NH+]3CC[NH2+]CC3)cc2)cc1. The molecule has 156 valence electrons. The summed E-state index contributed by atoms with van der Waals surface area (Å²) < 4.78 is 6.04.